The van der Waals surface area contributed by atoms with E-state index in [0.717, 1.165) is 6.08 Å². The van der Waals surface area contributed by atoms with Crippen molar-refractivity contribution < 1.29 is 19.0 Å². The van der Waals surface area contributed by atoms with Crippen molar-refractivity contribution >= 4 is 11.7 Å². The first kappa shape index (κ1) is 14.1. The number of carbonyl (C=O) groups excluding carboxylic acids is 1. The van der Waals surface area contributed by atoms with Crippen LogP contribution in [0.2, 0.25) is 0 Å². The maximum atomic E-state index is 10.7. The Kier molecular flexibility index (Phi) is 6.35. The van der Waals surface area contributed by atoms with Crippen LogP contribution in [0, 0.1) is 0 Å². The number of rotatable bonds is 8. The van der Waals surface area contributed by atoms with Crippen LogP contribution in [0.15, 0.2) is 36.9 Å². The van der Waals surface area contributed by atoms with Gasteiger partial charge in [0.1, 0.15) is 19.0 Å². The van der Waals surface area contributed by atoms with E-state index in [-0.39, 0.29) is 6.61 Å². The van der Waals surface area contributed by atoms with Crippen LogP contribution >= 0.6 is 0 Å². The topological polar surface area (TPSA) is 70.8 Å². The minimum absolute atomic E-state index is 0.207. The van der Waals surface area contributed by atoms with Gasteiger partial charge in [-0.25, -0.2) is 4.79 Å². The van der Waals surface area contributed by atoms with Gasteiger partial charge < -0.3 is 19.9 Å². The lowest BCUT2D eigenvalue weighted by Gasteiger charge is -2.08. The lowest BCUT2D eigenvalue weighted by atomic mass is 10.3. The molecular weight excluding hydrogens is 234 g/mol. The number of nitrogens with two attached hydrogens (primary N) is 1. The van der Waals surface area contributed by atoms with Crippen molar-refractivity contribution in [1.29, 1.82) is 0 Å². The summed E-state index contributed by atoms with van der Waals surface area (Å²) in [6, 6.07) is 7.25. The zero-order valence-corrected chi connectivity index (χ0v) is 10.1. The highest BCUT2D eigenvalue weighted by molar-refractivity contribution is 5.81. The number of ether oxygens (including phenoxy) is 3. The molecule has 5 nitrogen and oxygen atoms in total. The number of anilines is 1. The van der Waals surface area contributed by atoms with Crippen molar-refractivity contribution in [3.63, 3.8) is 0 Å². The maximum absolute atomic E-state index is 10.7. The van der Waals surface area contributed by atoms with E-state index in [2.05, 4.69) is 6.58 Å². The van der Waals surface area contributed by atoms with Crippen LogP contribution in [0.5, 0.6) is 5.75 Å². The quantitative estimate of drug-likeness (QED) is 0.327. The van der Waals surface area contributed by atoms with Crippen molar-refractivity contribution in [1.82, 2.24) is 0 Å². The molecule has 0 atom stereocenters. The summed E-state index contributed by atoms with van der Waals surface area (Å²) in [5, 5.41) is 0. The van der Waals surface area contributed by atoms with Gasteiger partial charge in [0.05, 0.1) is 18.9 Å². The van der Waals surface area contributed by atoms with Crippen LogP contribution in [0.3, 0.4) is 0 Å². The Hall–Kier alpha value is -2.01. The summed E-state index contributed by atoms with van der Waals surface area (Å²) >= 11 is 0. The third-order valence-corrected chi connectivity index (χ3v) is 2.04. The minimum Gasteiger partial charge on any atom is -0.489 e. The van der Waals surface area contributed by atoms with Crippen molar-refractivity contribution in [2.45, 2.75) is 0 Å². The van der Waals surface area contributed by atoms with Crippen molar-refractivity contribution in [3.8, 4) is 5.75 Å². The standard InChI is InChI=1S/C13H17NO4/c1-2-13(15)18-10-8-16-7-9-17-12-6-4-3-5-11(12)14/h2-6H,1,7-10,14H2. The lowest BCUT2D eigenvalue weighted by molar-refractivity contribution is -0.139. The van der Waals surface area contributed by atoms with Crippen molar-refractivity contribution in [2.24, 2.45) is 0 Å². The number of hydrogen-bond donors (Lipinski definition) is 1. The molecule has 18 heavy (non-hydrogen) atoms. The largest absolute Gasteiger partial charge is 0.489 e. The fourth-order valence-electron chi connectivity index (χ4n) is 1.18. The van der Waals surface area contributed by atoms with Crippen LogP contribution in [0.4, 0.5) is 5.69 Å². The molecule has 0 aromatic heterocycles. The van der Waals surface area contributed by atoms with E-state index < -0.39 is 5.97 Å². The van der Waals surface area contributed by atoms with Gasteiger partial charge in [-0.2, -0.15) is 0 Å². The first-order valence-electron chi connectivity index (χ1n) is 5.58. The molecule has 0 unspecified atom stereocenters. The fraction of sp³-hybridized carbons (Fsp3) is 0.308. The highest BCUT2D eigenvalue weighted by atomic mass is 16.6. The molecule has 5 heteroatoms. The number of nitrogen functional groups attached to an aromatic ring is 1. The highest BCUT2D eigenvalue weighted by Crippen LogP contribution is 2.19. The Morgan fingerprint density at radius 2 is 1.94 bits per heavy atom. The Balaban J connectivity index is 2.04. The van der Waals surface area contributed by atoms with Gasteiger partial charge in [0.15, 0.2) is 0 Å². The molecule has 0 radical (unpaired) electrons. The van der Waals surface area contributed by atoms with Gasteiger partial charge in [0, 0.05) is 6.08 Å². The molecular formula is C13H17NO4. The van der Waals surface area contributed by atoms with Crippen LogP contribution in [-0.2, 0) is 14.3 Å². The number of para-hydroxylation sites is 2. The molecule has 1 aromatic rings. The molecule has 0 aliphatic carbocycles. The van der Waals surface area contributed by atoms with E-state index in [1.54, 1.807) is 12.1 Å². The number of carbonyl (C=O) groups is 1. The fourth-order valence-corrected chi connectivity index (χ4v) is 1.18. The molecule has 1 rings (SSSR count). The minimum atomic E-state index is -0.452. The zero-order chi connectivity index (χ0) is 13.2. The van der Waals surface area contributed by atoms with Crippen LogP contribution in [-0.4, -0.2) is 32.4 Å². The van der Waals surface area contributed by atoms with Crippen molar-refractivity contribution in [2.75, 3.05) is 32.2 Å². The Morgan fingerprint density at radius 1 is 1.22 bits per heavy atom. The summed E-state index contributed by atoms with van der Waals surface area (Å²) in [5.41, 5.74) is 6.29. The Morgan fingerprint density at radius 3 is 2.67 bits per heavy atom. The molecule has 0 saturated heterocycles. The molecule has 0 amide bonds. The third kappa shape index (κ3) is 5.36. The molecule has 0 saturated carbocycles. The first-order chi connectivity index (χ1) is 8.74. The van der Waals surface area contributed by atoms with Gasteiger partial charge in [-0.05, 0) is 12.1 Å². The number of hydrogen-bond acceptors (Lipinski definition) is 5. The van der Waals surface area contributed by atoms with Crippen LogP contribution < -0.4 is 10.5 Å². The summed E-state index contributed by atoms with van der Waals surface area (Å²) in [6.07, 6.45) is 1.11. The third-order valence-electron chi connectivity index (χ3n) is 2.04. The summed E-state index contributed by atoms with van der Waals surface area (Å²) in [5.74, 6) is 0.186. The molecule has 0 aliphatic heterocycles. The molecule has 0 heterocycles. The Labute approximate surface area is 106 Å². The van der Waals surface area contributed by atoms with E-state index in [9.17, 15) is 4.79 Å². The lowest BCUT2D eigenvalue weighted by Crippen LogP contribution is -2.12. The van der Waals surface area contributed by atoms with Gasteiger partial charge in [0.2, 0.25) is 0 Å². The molecule has 98 valence electrons. The van der Waals surface area contributed by atoms with Gasteiger partial charge in [-0.3, -0.25) is 0 Å². The van der Waals surface area contributed by atoms with Crippen LogP contribution in [0.1, 0.15) is 0 Å². The van der Waals surface area contributed by atoms with E-state index >= 15 is 0 Å². The van der Waals surface area contributed by atoms with E-state index in [0.29, 0.717) is 31.3 Å². The molecule has 0 bridgehead atoms. The second-order valence-electron chi connectivity index (χ2n) is 3.37. The first-order valence-corrected chi connectivity index (χ1v) is 5.58. The Bertz CT molecular complexity index is 392. The van der Waals surface area contributed by atoms with Gasteiger partial charge >= 0.3 is 5.97 Å². The number of esters is 1. The van der Waals surface area contributed by atoms with Crippen LogP contribution in [0.25, 0.3) is 0 Å². The second-order valence-corrected chi connectivity index (χ2v) is 3.37. The molecule has 2 N–H and O–H groups in total. The number of benzene rings is 1. The second kappa shape index (κ2) is 8.14. The average Bonchev–Trinajstić information content (AvgIpc) is 2.39. The molecule has 0 aliphatic rings. The predicted molar refractivity (Wildman–Crippen MR) is 68.3 cm³/mol. The van der Waals surface area contributed by atoms with Gasteiger partial charge in [-0.1, -0.05) is 18.7 Å². The summed E-state index contributed by atoms with van der Waals surface area (Å²) in [7, 11) is 0. The smallest absolute Gasteiger partial charge is 0.330 e. The van der Waals surface area contributed by atoms with E-state index in [1.165, 1.54) is 0 Å². The van der Waals surface area contributed by atoms with Gasteiger partial charge in [-0.15, -0.1) is 0 Å². The van der Waals surface area contributed by atoms with Crippen molar-refractivity contribution in [3.05, 3.63) is 36.9 Å². The summed E-state index contributed by atoms with van der Waals surface area (Å²) in [6.45, 7) is 4.61. The molecule has 1 aromatic carbocycles. The summed E-state index contributed by atoms with van der Waals surface area (Å²) < 4.78 is 15.4. The van der Waals surface area contributed by atoms with E-state index in [1.807, 2.05) is 12.1 Å². The molecule has 0 fully saturated rings. The predicted octanol–water partition coefficient (Wildman–Crippen LogP) is 1.39. The monoisotopic (exact) mass is 251 g/mol. The zero-order valence-electron chi connectivity index (χ0n) is 10.1. The normalized spacial score (nSPS) is 9.78. The van der Waals surface area contributed by atoms with E-state index in [4.69, 9.17) is 19.9 Å². The highest BCUT2D eigenvalue weighted by Gasteiger charge is 1.98. The van der Waals surface area contributed by atoms with Gasteiger partial charge in [0.25, 0.3) is 0 Å². The maximum Gasteiger partial charge on any atom is 0.330 e. The average molecular weight is 251 g/mol. The summed E-state index contributed by atoms with van der Waals surface area (Å²) in [4.78, 5) is 10.7. The SMILES string of the molecule is C=CC(=O)OCCOCCOc1ccccc1N. The molecule has 0 spiro atoms.